The average molecular weight is 324 g/mol. The van der Waals surface area contributed by atoms with Crippen molar-refractivity contribution < 1.29 is 0 Å². The molecule has 2 aliphatic heterocycles. The highest BCUT2D eigenvalue weighted by Gasteiger charge is 2.28. The van der Waals surface area contributed by atoms with Gasteiger partial charge >= 0.3 is 0 Å². The van der Waals surface area contributed by atoms with Crippen molar-refractivity contribution in [3.63, 3.8) is 0 Å². The molecule has 3 nitrogen and oxygen atoms in total. The predicted molar refractivity (Wildman–Crippen MR) is 83.0 cm³/mol. The SMILES string of the molecule is Nc1cccc(Br)c1CN1CCCN2CCCC2C1. The molecular formula is C15H22BrN3. The Bertz CT molecular complexity index is 429. The van der Waals surface area contributed by atoms with Crippen LogP contribution >= 0.6 is 15.9 Å². The second kappa shape index (κ2) is 5.81. The molecule has 104 valence electrons. The van der Waals surface area contributed by atoms with Gasteiger partial charge in [0.05, 0.1) is 0 Å². The Morgan fingerprint density at radius 2 is 2.05 bits per heavy atom. The van der Waals surface area contributed by atoms with Gasteiger partial charge in [-0.3, -0.25) is 9.80 Å². The zero-order chi connectivity index (χ0) is 13.2. The minimum absolute atomic E-state index is 0.770. The molecule has 1 atom stereocenters. The van der Waals surface area contributed by atoms with E-state index in [0.29, 0.717) is 0 Å². The molecular weight excluding hydrogens is 302 g/mol. The number of fused-ring (bicyclic) bond motifs is 1. The van der Waals surface area contributed by atoms with Crippen LogP contribution in [0.1, 0.15) is 24.8 Å². The summed E-state index contributed by atoms with van der Waals surface area (Å²) in [6, 6.07) is 6.86. The van der Waals surface area contributed by atoms with E-state index in [9.17, 15) is 0 Å². The van der Waals surface area contributed by atoms with Crippen molar-refractivity contribution >= 4 is 21.6 Å². The van der Waals surface area contributed by atoms with E-state index in [-0.39, 0.29) is 0 Å². The topological polar surface area (TPSA) is 32.5 Å². The summed E-state index contributed by atoms with van der Waals surface area (Å²) in [6.07, 6.45) is 4.01. The van der Waals surface area contributed by atoms with Gasteiger partial charge in [-0.05, 0) is 51.0 Å². The van der Waals surface area contributed by atoms with Crippen LogP contribution < -0.4 is 5.73 Å². The van der Waals surface area contributed by atoms with Crippen molar-refractivity contribution in [3.05, 3.63) is 28.2 Å². The molecule has 0 bridgehead atoms. The van der Waals surface area contributed by atoms with E-state index >= 15 is 0 Å². The molecule has 3 rings (SSSR count). The third-order valence-corrected chi connectivity index (χ3v) is 5.17. The maximum Gasteiger partial charge on any atom is 0.0371 e. The Hall–Kier alpha value is -0.580. The number of hydrogen-bond acceptors (Lipinski definition) is 3. The zero-order valence-electron chi connectivity index (χ0n) is 11.3. The van der Waals surface area contributed by atoms with Crippen LogP contribution in [0.2, 0.25) is 0 Å². The van der Waals surface area contributed by atoms with Crippen LogP contribution in [0, 0.1) is 0 Å². The lowest BCUT2D eigenvalue weighted by molar-refractivity contribution is 0.215. The standard InChI is InChI=1S/C15H22BrN3/c16-14-5-1-6-15(17)13(14)11-18-7-3-9-19-8-2-4-12(19)10-18/h1,5-6,12H,2-4,7-11,17H2. The minimum Gasteiger partial charge on any atom is -0.398 e. The summed E-state index contributed by atoms with van der Waals surface area (Å²) in [5.41, 5.74) is 8.27. The Balaban J connectivity index is 1.72. The quantitative estimate of drug-likeness (QED) is 0.849. The number of hydrogen-bond donors (Lipinski definition) is 1. The number of nitrogens with two attached hydrogens (primary N) is 1. The lowest BCUT2D eigenvalue weighted by Crippen LogP contribution is -2.36. The maximum atomic E-state index is 6.12. The highest BCUT2D eigenvalue weighted by Crippen LogP contribution is 2.27. The van der Waals surface area contributed by atoms with Crippen LogP contribution in [-0.2, 0) is 6.54 Å². The van der Waals surface area contributed by atoms with Gasteiger partial charge in [-0.1, -0.05) is 22.0 Å². The van der Waals surface area contributed by atoms with E-state index in [1.165, 1.54) is 51.0 Å². The van der Waals surface area contributed by atoms with Gasteiger partial charge in [0.25, 0.3) is 0 Å². The average Bonchev–Trinajstić information content (AvgIpc) is 2.73. The van der Waals surface area contributed by atoms with E-state index in [1.807, 2.05) is 12.1 Å². The molecule has 2 heterocycles. The van der Waals surface area contributed by atoms with Crippen LogP contribution in [0.25, 0.3) is 0 Å². The number of rotatable bonds is 2. The third kappa shape index (κ3) is 2.96. The van der Waals surface area contributed by atoms with Crippen LogP contribution in [0.4, 0.5) is 5.69 Å². The van der Waals surface area contributed by atoms with Crippen LogP contribution in [0.15, 0.2) is 22.7 Å². The molecule has 19 heavy (non-hydrogen) atoms. The second-order valence-electron chi connectivity index (χ2n) is 5.73. The van der Waals surface area contributed by atoms with Crippen molar-refractivity contribution in [3.8, 4) is 0 Å². The Labute approximate surface area is 123 Å². The first-order valence-corrected chi connectivity index (χ1v) is 8.02. The predicted octanol–water partition coefficient (Wildman–Crippen LogP) is 2.70. The summed E-state index contributed by atoms with van der Waals surface area (Å²) in [6.45, 7) is 5.93. The van der Waals surface area contributed by atoms with Gasteiger partial charge in [-0.15, -0.1) is 0 Å². The van der Waals surface area contributed by atoms with Gasteiger partial charge in [0, 0.05) is 34.9 Å². The van der Waals surface area contributed by atoms with Crippen molar-refractivity contribution in [2.75, 3.05) is 31.9 Å². The van der Waals surface area contributed by atoms with Gasteiger partial charge in [0.15, 0.2) is 0 Å². The molecule has 2 N–H and O–H groups in total. The number of halogens is 1. The zero-order valence-corrected chi connectivity index (χ0v) is 12.9. The molecule has 4 heteroatoms. The molecule has 2 aliphatic rings. The molecule has 0 spiro atoms. The third-order valence-electron chi connectivity index (χ3n) is 4.42. The Morgan fingerprint density at radius 3 is 2.89 bits per heavy atom. The van der Waals surface area contributed by atoms with Gasteiger partial charge < -0.3 is 5.73 Å². The highest BCUT2D eigenvalue weighted by molar-refractivity contribution is 9.10. The molecule has 0 aromatic heterocycles. The molecule has 1 aromatic rings. The number of anilines is 1. The molecule has 0 radical (unpaired) electrons. The maximum absolute atomic E-state index is 6.12. The fraction of sp³-hybridized carbons (Fsp3) is 0.600. The monoisotopic (exact) mass is 323 g/mol. The number of nitrogens with zero attached hydrogens (tertiary/aromatic N) is 2. The fourth-order valence-corrected chi connectivity index (χ4v) is 3.90. The normalized spacial score (nSPS) is 25.2. The first-order valence-electron chi connectivity index (χ1n) is 7.23. The fourth-order valence-electron chi connectivity index (χ4n) is 3.39. The van der Waals surface area contributed by atoms with Crippen LogP contribution in [-0.4, -0.2) is 42.0 Å². The smallest absolute Gasteiger partial charge is 0.0371 e. The largest absolute Gasteiger partial charge is 0.398 e. The summed E-state index contributed by atoms with van der Waals surface area (Å²) in [5.74, 6) is 0. The van der Waals surface area contributed by atoms with Crippen molar-refractivity contribution in [2.24, 2.45) is 0 Å². The van der Waals surface area contributed by atoms with Crippen molar-refractivity contribution in [1.82, 2.24) is 9.80 Å². The van der Waals surface area contributed by atoms with E-state index in [4.69, 9.17) is 5.73 Å². The van der Waals surface area contributed by atoms with Crippen molar-refractivity contribution in [2.45, 2.75) is 31.8 Å². The summed E-state index contributed by atoms with van der Waals surface area (Å²) in [7, 11) is 0. The van der Waals surface area contributed by atoms with Gasteiger partial charge in [-0.25, -0.2) is 0 Å². The summed E-state index contributed by atoms with van der Waals surface area (Å²) < 4.78 is 1.14. The van der Waals surface area contributed by atoms with Gasteiger partial charge in [-0.2, -0.15) is 0 Å². The van der Waals surface area contributed by atoms with E-state index in [1.54, 1.807) is 0 Å². The highest BCUT2D eigenvalue weighted by atomic mass is 79.9. The lowest BCUT2D eigenvalue weighted by atomic mass is 10.1. The lowest BCUT2D eigenvalue weighted by Gasteiger charge is -2.26. The Kier molecular flexibility index (Phi) is 4.10. The first kappa shape index (κ1) is 13.4. The Morgan fingerprint density at radius 1 is 1.21 bits per heavy atom. The van der Waals surface area contributed by atoms with E-state index in [0.717, 1.165) is 22.7 Å². The van der Waals surface area contributed by atoms with Crippen LogP contribution in [0.5, 0.6) is 0 Å². The van der Waals surface area contributed by atoms with E-state index in [2.05, 4.69) is 31.8 Å². The van der Waals surface area contributed by atoms with E-state index < -0.39 is 0 Å². The second-order valence-corrected chi connectivity index (χ2v) is 6.58. The summed E-state index contributed by atoms with van der Waals surface area (Å²) in [4.78, 5) is 5.25. The molecule has 2 fully saturated rings. The minimum atomic E-state index is 0.770. The van der Waals surface area contributed by atoms with Gasteiger partial charge in [0.1, 0.15) is 0 Å². The molecule has 0 saturated carbocycles. The molecule has 0 amide bonds. The summed E-state index contributed by atoms with van der Waals surface area (Å²) >= 11 is 3.63. The van der Waals surface area contributed by atoms with Gasteiger partial charge in [0.2, 0.25) is 0 Å². The molecule has 1 unspecified atom stereocenters. The van der Waals surface area contributed by atoms with Crippen LogP contribution in [0.3, 0.4) is 0 Å². The molecule has 2 saturated heterocycles. The first-order chi connectivity index (χ1) is 9.24. The number of benzene rings is 1. The number of nitrogen functional groups attached to an aromatic ring is 1. The summed E-state index contributed by atoms with van der Waals surface area (Å²) in [5, 5.41) is 0. The molecule has 1 aromatic carbocycles. The molecule has 0 aliphatic carbocycles. The van der Waals surface area contributed by atoms with Crippen molar-refractivity contribution in [1.29, 1.82) is 0 Å².